The third kappa shape index (κ3) is 11.0. The zero-order chi connectivity index (χ0) is 57.1. The Kier molecular flexibility index (Phi) is 15.1. The normalized spacial score (nSPS) is 34.6. The molecule has 0 spiro atoms. The molecule has 4 aromatic rings. The minimum Gasteiger partial charge on any atom is -0.434 e. The number of imidazole rings is 2. The molecule has 8 bridgehead atoms. The van der Waals surface area contributed by atoms with Gasteiger partial charge in [-0.2, -0.15) is 28.7 Å². The molecule has 2 unspecified atom stereocenters. The molecule has 4 N–H and O–H groups in total. The summed E-state index contributed by atoms with van der Waals surface area (Å²) < 4.78 is 79.6. The fraction of sp³-hybridized carbons (Fsp3) is 0.712. The highest BCUT2D eigenvalue weighted by Crippen LogP contribution is 2.63. The van der Waals surface area contributed by atoms with Crippen molar-refractivity contribution in [2.45, 2.75) is 178 Å². The van der Waals surface area contributed by atoms with Gasteiger partial charge in [0.25, 0.3) is 0 Å². The summed E-state index contributed by atoms with van der Waals surface area (Å²) in [4.78, 5) is 64.2. The van der Waals surface area contributed by atoms with Crippen molar-refractivity contribution in [3.8, 4) is 24.7 Å². The molecule has 14 rings (SSSR count). The number of nitrogens with zero attached hydrogens (tertiary/aromatic N) is 8. The first-order valence-corrected chi connectivity index (χ1v) is 29.5. The second-order valence-electron chi connectivity index (χ2n) is 25.7. The van der Waals surface area contributed by atoms with Crippen LogP contribution in [0.25, 0.3) is 22.3 Å². The van der Waals surface area contributed by atoms with Crippen molar-refractivity contribution in [2.75, 3.05) is 37.9 Å². The van der Waals surface area contributed by atoms with Crippen LogP contribution in [-0.4, -0.2) is 107 Å². The lowest BCUT2D eigenvalue weighted by Gasteiger charge is -2.57. The summed E-state index contributed by atoms with van der Waals surface area (Å²) in [5, 5.41) is 0. The number of nitrogens with two attached hydrogens (primary N) is 2. The van der Waals surface area contributed by atoms with Crippen molar-refractivity contribution in [3.63, 3.8) is 0 Å². The monoisotopic (exact) mass is 1140 g/mol. The quantitative estimate of drug-likeness (QED) is 0.0274. The lowest BCUT2D eigenvalue weighted by molar-refractivity contribution is -0.109. The minimum atomic E-state index is -1.76. The first-order valence-electron chi connectivity index (χ1n) is 29.5. The van der Waals surface area contributed by atoms with Crippen molar-refractivity contribution >= 4 is 52.4 Å². The van der Waals surface area contributed by atoms with Gasteiger partial charge >= 0.3 is 30.6 Å². The molecule has 6 heterocycles. The van der Waals surface area contributed by atoms with Crippen molar-refractivity contribution < 1.29 is 61.1 Å². The second kappa shape index (κ2) is 22.2. The Morgan fingerprint density at radius 3 is 1.30 bits per heavy atom. The molecule has 82 heavy (non-hydrogen) atoms. The zero-order valence-corrected chi connectivity index (χ0v) is 46.7. The van der Waals surface area contributed by atoms with Gasteiger partial charge in [-0.3, -0.25) is 9.13 Å². The van der Waals surface area contributed by atoms with Crippen molar-refractivity contribution in [1.82, 2.24) is 39.0 Å². The molecular weight excluding hydrogens is 1060 g/mol. The van der Waals surface area contributed by atoms with Crippen LogP contribution in [0.2, 0.25) is 0 Å². The van der Waals surface area contributed by atoms with Gasteiger partial charge in [0.15, 0.2) is 45.2 Å². The van der Waals surface area contributed by atoms with E-state index in [9.17, 15) is 23.2 Å². The molecule has 10 aliphatic rings. The number of nitrogen functional groups attached to an aromatic ring is 2. The Hall–Kier alpha value is -6.59. The molecule has 8 atom stereocenters. The number of hydrogen-bond acceptors (Lipinski definition) is 19. The summed E-state index contributed by atoms with van der Waals surface area (Å²) in [6.07, 6.45) is 27.3. The van der Waals surface area contributed by atoms with Gasteiger partial charge in [0.2, 0.25) is 0 Å². The molecule has 0 amide bonds. The number of rotatable bonds is 20. The van der Waals surface area contributed by atoms with Crippen LogP contribution in [0, 0.1) is 95.0 Å². The smallest absolute Gasteiger partial charge is 0.434 e. The minimum absolute atomic E-state index is 0.00919. The lowest BCUT2D eigenvalue weighted by Crippen LogP contribution is -2.47. The number of ether oxygens (including phenoxy) is 8. The van der Waals surface area contributed by atoms with Crippen LogP contribution in [0.15, 0.2) is 12.7 Å². The topological polar surface area (TPSA) is 264 Å². The van der Waals surface area contributed by atoms with E-state index in [4.69, 9.17) is 62.2 Å². The van der Waals surface area contributed by atoms with Crippen molar-refractivity contribution in [1.29, 1.82) is 0 Å². The number of carbonyl (C=O) groups is 3. The van der Waals surface area contributed by atoms with E-state index in [2.05, 4.69) is 41.7 Å². The molecule has 440 valence electrons. The molecular formula is C59H74F2N10O11. The number of hydrogen-bond donors (Lipinski definition) is 2. The number of carbonyl (C=O) groups excluding carboxylic acids is 3. The van der Waals surface area contributed by atoms with Crippen LogP contribution in [0.4, 0.5) is 34.8 Å². The highest BCUT2D eigenvalue weighted by atomic mass is 19.1. The highest BCUT2D eigenvalue weighted by molar-refractivity contribution is 5.82. The molecule has 2 aliphatic heterocycles. The molecule has 4 aromatic heterocycles. The first-order chi connectivity index (χ1) is 39.4. The highest BCUT2D eigenvalue weighted by Gasteiger charge is 2.56. The molecule has 8 aliphatic carbocycles. The molecule has 8 saturated carbocycles. The lowest BCUT2D eigenvalue weighted by atomic mass is 9.48. The van der Waals surface area contributed by atoms with E-state index in [0.29, 0.717) is 23.7 Å². The fourth-order valence-corrected chi connectivity index (χ4v) is 17.6. The molecule has 23 heteroatoms. The Bertz CT molecular complexity index is 2890. The van der Waals surface area contributed by atoms with Crippen LogP contribution in [-0.2, 0) is 37.9 Å². The summed E-state index contributed by atoms with van der Waals surface area (Å²) in [6.45, 7) is 2.42. The number of fused-ring (bicyclic) bond motifs is 2. The molecule has 0 radical (unpaired) electrons. The SMILES string of the molecule is C#C[C@]1(COC(=O)OCCCCC23CC4CC(CC(C4)C2)C3)O[C@@H](n2cnc3c(N)nc(F)nc32)C[C@H]1C(C)OC(=O)OC(C)[C@@H]1C[C@H](n2cnc3c(N)nc(F)nc32)O[C@]1(C#C)COC(=O)OCCCCC12CC3CC(CC(C3)C1)C2. The Balaban J connectivity index is 0.703. The van der Waals surface area contributed by atoms with E-state index < -0.39 is 91.5 Å². The average Bonchev–Trinajstić information content (AvgIpc) is 3.92. The van der Waals surface area contributed by atoms with E-state index >= 15 is 0 Å². The van der Waals surface area contributed by atoms with Crippen molar-refractivity contribution in [2.24, 2.45) is 58.2 Å². The summed E-state index contributed by atoms with van der Waals surface area (Å²) in [5.74, 6) is 8.21. The van der Waals surface area contributed by atoms with Gasteiger partial charge in [0.1, 0.15) is 37.9 Å². The van der Waals surface area contributed by atoms with Gasteiger partial charge in [-0.15, -0.1) is 12.8 Å². The second-order valence-corrected chi connectivity index (χ2v) is 25.7. The summed E-state index contributed by atoms with van der Waals surface area (Å²) in [7, 11) is 0. The van der Waals surface area contributed by atoms with E-state index in [1.54, 1.807) is 13.8 Å². The summed E-state index contributed by atoms with van der Waals surface area (Å²) in [6, 6.07) is 0. The van der Waals surface area contributed by atoms with Crippen LogP contribution in [0.1, 0.15) is 155 Å². The number of anilines is 2. The van der Waals surface area contributed by atoms with Crippen LogP contribution in [0.3, 0.4) is 0 Å². The van der Waals surface area contributed by atoms with Gasteiger partial charge in [0, 0.05) is 24.7 Å². The van der Waals surface area contributed by atoms with Crippen LogP contribution in [0.5, 0.6) is 0 Å². The van der Waals surface area contributed by atoms with E-state index in [0.717, 1.165) is 61.2 Å². The molecule has 2 saturated heterocycles. The number of halogens is 2. The van der Waals surface area contributed by atoms with Gasteiger partial charge < -0.3 is 49.4 Å². The van der Waals surface area contributed by atoms with E-state index in [1.807, 2.05) is 0 Å². The Morgan fingerprint density at radius 2 is 0.951 bits per heavy atom. The third-order valence-corrected chi connectivity index (χ3v) is 20.2. The summed E-state index contributed by atoms with van der Waals surface area (Å²) in [5.41, 5.74) is 9.54. The Morgan fingerprint density at radius 1 is 0.585 bits per heavy atom. The zero-order valence-electron chi connectivity index (χ0n) is 46.7. The van der Waals surface area contributed by atoms with E-state index in [1.165, 1.54) is 98.8 Å². The van der Waals surface area contributed by atoms with Gasteiger partial charge in [-0.1, -0.05) is 11.8 Å². The average molecular weight is 1140 g/mol. The standard InChI is InChI=1S/C59H74F2N10O11/c1-5-58(29-77-53(72)75-13-9-7-11-56-23-35-15-36(24-56)17-37(16-35)25-56)41(21-43(81-58)70-31-64-45-47(62)66-51(60)68-49(45)70)33(3)79-55(74)80-34(4)42-22-44(71-32-65-46-48(63)67-52(61)69-50(46)71)82-59(42,6-2)30-78-54(73)76-14-10-8-12-57-26-38-18-39(27-57)20-40(19-38)28-57/h1-2,31-44H,7-30H2,3-4H3,(H2,62,66,68)(H2,63,67,69)/t33?,34?,35?,36?,37?,38?,39?,40?,41-,42-,43+,44+,56?,57?,58+,59+/m0/s1. The summed E-state index contributed by atoms with van der Waals surface area (Å²) >= 11 is 0. The number of terminal acetylenes is 2. The van der Waals surface area contributed by atoms with E-state index in [-0.39, 0.29) is 60.0 Å². The fourth-order valence-electron chi connectivity index (χ4n) is 17.6. The number of unbranched alkanes of at least 4 members (excludes halogenated alkanes) is 2. The van der Waals surface area contributed by atoms with Crippen LogP contribution < -0.4 is 11.5 Å². The predicted molar refractivity (Wildman–Crippen MR) is 289 cm³/mol. The van der Waals surface area contributed by atoms with Crippen molar-refractivity contribution in [3.05, 3.63) is 24.8 Å². The Labute approximate surface area is 474 Å². The maximum absolute atomic E-state index is 14.6. The molecule has 10 fully saturated rings. The molecule has 0 aromatic carbocycles. The first kappa shape index (κ1) is 55.9. The maximum atomic E-state index is 14.6. The van der Waals surface area contributed by atoms with Gasteiger partial charge in [-0.25, -0.2) is 24.4 Å². The van der Waals surface area contributed by atoms with Gasteiger partial charge in [-0.05, 0) is 176 Å². The number of aromatic nitrogens is 8. The van der Waals surface area contributed by atoms with Gasteiger partial charge in [0.05, 0.1) is 25.9 Å². The predicted octanol–water partition coefficient (Wildman–Crippen LogP) is 9.93. The van der Waals surface area contributed by atoms with Crippen LogP contribution >= 0.6 is 0 Å². The molecule has 21 nitrogen and oxygen atoms in total. The maximum Gasteiger partial charge on any atom is 0.508 e. The third-order valence-electron chi connectivity index (χ3n) is 20.2. The largest absolute Gasteiger partial charge is 0.508 e.